The molecule has 2 fully saturated rings. The van der Waals surface area contributed by atoms with Crippen LogP contribution in [-0.2, 0) is 14.2 Å². The van der Waals surface area contributed by atoms with Gasteiger partial charge in [-0.3, -0.25) is 0 Å². The summed E-state index contributed by atoms with van der Waals surface area (Å²) >= 11 is 7.05. The molecule has 0 aromatic carbocycles. The van der Waals surface area contributed by atoms with Gasteiger partial charge in [0, 0.05) is 12.8 Å². The molecule has 0 aliphatic carbocycles. The first kappa shape index (κ1) is 14.3. The van der Waals surface area contributed by atoms with E-state index in [4.69, 9.17) is 14.2 Å². The summed E-state index contributed by atoms with van der Waals surface area (Å²) in [5.41, 5.74) is 0. The maximum Gasteiger partial charge on any atom is 0.181 e. The second kappa shape index (κ2) is 6.33. The predicted octanol–water partition coefficient (Wildman–Crippen LogP) is 3.59. The molecule has 0 amide bonds. The topological polar surface area (TPSA) is 27.7 Å². The first-order chi connectivity index (χ1) is 8.24. The Morgan fingerprint density at radius 1 is 0.824 bits per heavy atom. The molecule has 0 aromatic heterocycles. The van der Waals surface area contributed by atoms with Crippen LogP contribution in [0.25, 0.3) is 0 Å². The van der Waals surface area contributed by atoms with Crippen molar-refractivity contribution in [3.05, 3.63) is 0 Å². The van der Waals surface area contributed by atoms with Crippen LogP contribution in [0.2, 0.25) is 0 Å². The fourth-order valence-corrected chi connectivity index (χ4v) is 3.53. The molecular formula is C12H20Br2O3. The highest BCUT2D eigenvalue weighted by Gasteiger charge is 2.44. The van der Waals surface area contributed by atoms with Crippen LogP contribution in [0.5, 0.6) is 0 Å². The molecule has 2 rings (SSSR count). The maximum absolute atomic E-state index is 6.27. The standard InChI is InChI=1S/C12H20Br2O3/c13-9-11(5-1-3-7-15-11)17-12(10-14)6-2-4-8-16-12/h1-10H2. The molecule has 2 unspecified atom stereocenters. The van der Waals surface area contributed by atoms with E-state index in [0.29, 0.717) is 10.7 Å². The van der Waals surface area contributed by atoms with E-state index in [1.54, 1.807) is 0 Å². The minimum atomic E-state index is -0.497. The van der Waals surface area contributed by atoms with Gasteiger partial charge in [-0.15, -0.1) is 0 Å². The molecule has 2 aliphatic rings. The van der Waals surface area contributed by atoms with Crippen molar-refractivity contribution in [3.63, 3.8) is 0 Å². The molecule has 0 saturated carbocycles. The molecule has 0 spiro atoms. The van der Waals surface area contributed by atoms with Crippen molar-refractivity contribution in [1.82, 2.24) is 0 Å². The molecule has 3 nitrogen and oxygen atoms in total. The Kier molecular flexibility index (Phi) is 5.31. The van der Waals surface area contributed by atoms with Gasteiger partial charge in [0.2, 0.25) is 0 Å². The Balaban J connectivity index is 2.04. The number of halogens is 2. The molecule has 0 radical (unpaired) electrons. The lowest BCUT2D eigenvalue weighted by molar-refractivity contribution is -0.359. The van der Waals surface area contributed by atoms with Gasteiger partial charge in [-0.2, -0.15) is 0 Å². The largest absolute Gasteiger partial charge is 0.349 e. The summed E-state index contributed by atoms with van der Waals surface area (Å²) in [5, 5.41) is 1.41. The van der Waals surface area contributed by atoms with Gasteiger partial charge < -0.3 is 14.2 Å². The molecule has 0 bridgehead atoms. The van der Waals surface area contributed by atoms with Gasteiger partial charge in [-0.25, -0.2) is 0 Å². The quantitative estimate of drug-likeness (QED) is 0.707. The van der Waals surface area contributed by atoms with Gasteiger partial charge in [0.25, 0.3) is 0 Å². The number of hydrogen-bond acceptors (Lipinski definition) is 3. The van der Waals surface area contributed by atoms with Crippen LogP contribution >= 0.6 is 31.9 Å². The first-order valence-electron chi connectivity index (χ1n) is 6.34. The Labute approximate surface area is 120 Å². The molecule has 2 saturated heterocycles. The van der Waals surface area contributed by atoms with Crippen LogP contribution in [0.4, 0.5) is 0 Å². The molecule has 2 aliphatic heterocycles. The van der Waals surface area contributed by atoms with E-state index in [9.17, 15) is 0 Å². The van der Waals surface area contributed by atoms with E-state index >= 15 is 0 Å². The SMILES string of the molecule is BrCC1(OC2(CBr)CCCCO2)CCCCO1. The molecule has 0 aromatic rings. The highest BCUT2D eigenvalue weighted by atomic mass is 79.9. The van der Waals surface area contributed by atoms with E-state index in [0.717, 1.165) is 51.7 Å². The van der Waals surface area contributed by atoms with E-state index in [2.05, 4.69) is 31.9 Å². The summed E-state index contributed by atoms with van der Waals surface area (Å²) in [6.45, 7) is 1.56. The second-order valence-electron chi connectivity index (χ2n) is 4.80. The number of ether oxygens (including phenoxy) is 3. The Morgan fingerprint density at radius 3 is 1.59 bits per heavy atom. The Bertz CT molecular complexity index is 212. The molecule has 2 atom stereocenters. The third-order valence-electron chi connectivity index (χ3n) is 3.41. The third-order valence-corrected chi connectivity index (χ3v) is 5.12. The van der Waals surface area contributed by atoms with E-state index in [1.165, 1.54) is 0 Å². The molecule has 5 heteroatoms. The van der Waals surface area contributed by atoms with Crippen molar-refractivity contribution < 1.29 is 14.2 Å². The number of hydrogen-bond donors (Lipinski definition) is 0. The van der Waals surface area contributed by atoms with Crippen LogP contribution in [0.3, 0.4) is 0 Å². The maximum atomic E-state index is 6.27. The van der Waals surface area contributed by atoms with Gasteiger partial charge in [-0.1, -0.05) is 31.9 Å². The van der Waals surface area contributed by atoms with Crippen LogP contribution in [0.15, 0.2) is 0 Å². The van der Waals surface area contributed by atoms with Gasteiger partial charge in [0.05, 0.1) is 23.9 Å². The zero-order chi connectivity index (χ0) is 12.2. The summed E-state index contributed by atoms with van der Waals surface area (Å²) in [6.07, 6.45) is 6.45. The lowest BCUT2D eigenvalue weighted by atomic mass is 10.0. The van der Waals surface area contributed by atoms with E-state index in [1.807, 2.05) is 0 Å². The fourth-order valence-electron chi connectivity index (χ4n) is 2.42. The first-order valence-corrected chi connectivity index (χ1v) is 8.59. The highest BCUT2D eigenvalue weighted by Crippen LogP contribution is 2.37. The van der Waals surface area contributed by atoms with E-state index in [-0.39, 0.29) is 0 Å². The van der Waals surface area contributed by atoms with Crippen molar-refractivity contribution in [2.75, 3.05) is 23.9 Å². The average Bonchev–Trinajstić information content (AvgIpc) is 2.41. The minimum Gasteiger partial charge on any atom is -0.349 e. The third kappa shape index (κ3) is 3.44. The summed E-state index contributed by atoms with van der Waals surface area (Å²) < 4.78 is 18.0. The van der Waals surface area contributed by atoms with Crippen LogP contribution in [0.1, 0.15) is 38.5 Å². The normalized spacial score (nSPS) is 39.2. The summed E-state index contributed by atoms with van der Waals surface area (Å²) in [4.78, 5) is 0. The van der Waals surface area contributed by atoms with E-state index < -0.39 is 11.6 Å². The molecular weight excluding hydrogens is 352 g/mol. The van der Waals surface area contributed by atoms with Gasteiger partial charge >= 0.3 is 0 Å². The van der Waals surface area contributed by atoms with Crippen molar-refractivity contribution in [2.24, 2.45) is 0 Å². The number of rotatable bonds is 4. The predicted molar refractivity (Wildman–Crippen MR) is 73.7 cm³/mol. The monoisotopic (exact) mass is 370 g/mol. The lowest BCUT2D eigenvalue weighted by Gasteiger charge is -2.45. The fraction of sp³-hybridized carbons (Fsp3) is 1.00. The summed E-state index contributed by atoms with van der Waals surface area (Å²) in [6, 6.07) is 0. The molecule has 17 heavy (non-hydrogen) atoms. The number of alkyl halides is 2. The van der Waals surface area contributed by atoms with Crippen LogP contribution in [-0.4, -0.2) is 35.4 Å². The van der Waals surface area contributed by atoms with Crippen molar-refractivity contribution in [1.29, 1.82) is 0 Å². The second-order valence-corrected chi connectivity index (χ2v) is 5.92. The van der Waals surface area contributed by atoms with Crippen LogP contribution in [0, 0.1) is 0 Å². The zero-order valence-electron chi connectivity index (χ0n) is 10.1. The van der Waals surface area contributed by atoms with Gasteiger partial charge in [0.15, 0.2) is 11.6 Å². The zero-order valence-corrected chi connectivity index (χ0v) is 13.2. The van der Waals surface area contributed by atoms with Gasteiger partial charge in [-0.05, 0) is 25.7 Å². The average molecular weight is 372 g/mol. The van der Waals surface area contributed by atoms with Crippen LogP contribution < -0.4 is 0 Å². The van der Waals surface area contributed by atoms with Gasteiger partial charge in [0.1, 0.15) is 0 Å². The smallest absolute Gasteiger partial charge is 0.181 e. The molecule has 100 valence electrons. The lowest BCUT2D eigenvalue weighted by Crippen LogP contribution is -2.52. The Hall–Kier alpha value is 0.840. The van der Waals surface area contributed by atoms with Crippen molar-refractivity contribution >= 4 is 31.9 Å². The van der Waals surface area contributed by atoms with Crippen molar-refractivity contribution in [3.8, 4) is 0 Å². The molecule has 0 N–H and O–H groups in total. The molecule has 2 heterocycles. The van der Waals surface area contributed by atoms with Crippen molar-refractivity contribution in [2.45, 2.75) is 50.1 Å². The minimum absolute atomic E-state index is 0.497. The highest BCUT2D eigenvalue weighted by molar-refractivity contribution is 9.09. The summed E-state index contributed by atoms with van der Waals surface area (Å²) in [7, 11) is 0. The Morgan fingerprint density at radius 2 is 1.29 bits per heavy atom. The summed E-state index contributed by atoms with van der Waals surface area (Å²) in [5.74, 6) is -0.993.